The van der Waals surface area contributed by atoms with Crippen molar-refractivity contribution in [2.24, 2.45) is 0 Å². The van der Waals surface area contributed by atoms with Gasteiger partial charge in [-0.3, -0.25) is 19.4 Å². The van der Waals surface area contributed by atoms with Crippen molar-refractivity contribution in [3.05, 3.63) is 23.8 Å². The molecule has 2 fully saturated rings. The molecule has 146 valence electrons. The van der Waals surface area contributed by atoms with Crippen molar-refractivity contribution in [1.82, 2.24) is 14.7 Å². The van der Waals surface area contributed by atoms with Crippen molar-refractivity contribution in [2.75, 3.05) is 51.2 Å². The number of likely N-dealkylation sites (tertiary alicyclic amines) is 1. The van der Waals surface area contributed by atoms with Crippen molar-refractivity contribution in [1.29, 1.82) is 0 Å². The molecule has 27 heavy (non-hydrogen) atoms. The summed E-state index contributed by atoms with van der Waals surface area (Å²) in [5.41, 5.74) is 1.03. The Bertz CT molecular complexity index is 728. The number of hydrogen-bond donors (Lipinski definition) is 1. The van der Waals surface area contributed by atoms with Crippen LogP contribution in [0.15, 0.2) is 18.2 Å². The van der Waals surface area contributed by atoms with Crippen molar-refractivity contribution < 1.29 is 14.3 Å². The Morgan fingerprint density at radius 3 is 2.70 bits per heavy atom. The maximum atomic E-state index is 13.1. The highest BCUT2D eigenvalue weighted by molar-refractivity contribution is 6.06. The van der Waals surface area contributed by atoms with Gasteiger partial charge in [0, 0.05) is 51.4 Å². The summed E-state index contributed by atoms with van der Waals surface area (Å²) in [6.07, 6.45) is 1.01. The van der Waals surface area contributed by atoms with Crippen LogP contribution in [-0.4, -0.2) is 84.5 Å². The molecule has 0 spiro atoms. The molecule has 1 aromatic carbocycles. The van der Waals surface area contributed by atoms with Gasteiger partial charge in [0.2, 0.25) is 0 Å². The Kier molecular flexibility index (Phi) is 5.06. The van der Waals surface area contributed by atoms with E-state index in [0.717, 1.165) is 45.7 Å². The molecule has 0 radical (unpaired) electrons. The molecule has 1 aromatic rings. The second-order valence-corrected chi connectivity index (χ2v) is 7.87. The molecule has 7 nitrogen and oxygen atoms in total. The number of carbonyl (C=O) groups is 2. The van der Waals surface area contributed by atoms with Crippen molar-refractivity contribution >= 4 is 17.5 Å². The number of anilines is 1. The lowest BCUT2D eigenvalue weighted by Gasteiger charge is -2.39. The molecule has 0 saturated carbocycles. The van der Waals surface area contributed by atoms with Gasteiger partial charge in [0.1, 0.15) is 5.75 Å². The molecule has 2 saturated heterocycles. The van der Waals surface area contributed by atoms with Crippen LogP contribution in [0, 0.1) is 0 Å². The Morgan fingerprint density at radius 1 is 1.19 bits per heavy atom. The highest BCUT2D eigenvalue weighted by atomic mass is 16.5. The average Bonchev–Trinajstić information content (AvgIpc) is 3.17. The summed E-state index contributed by atoms with van der Waals surface area (Å²) >= 11 is 0. The van der Waals surface area contributed by atoms with Crippen LogP contribution in [0.25, 0.3) is 0 Å². The zero-order valence-electron chi connectivity index (χ0n) is 16.1. The number of piperazine rings is 1. The molecule has 1 atom stereocenters. The smallest absolute Gasteiger partial charge is 0.262 e. The summed E-state index contributed by atoms with van der Waals surface area (Å²) < 4.78 is 5.44. The molecule has 7 heteroatoms. The predicted octanol–water partition coefficient (Wildman–Crippen LogP) is 1.26. The Balaban J connectivity index is 1.41. The highest BCUT2D eigenvalue weighted by Crippen LogP contribution is 2.32. The molecule has 3 aliphatic rings. The molecule has 4 rings (SSSR count). The number of nitrogens with one attached hydrogen (secondary N) is 1. The van der Waals surface area contributed by atoms with E-state index in [0.29, 0.717) is 29.1 Å². The van der Waals surface area contributed by atoms with Crippen molar-refractivity contribution in [3.8, 4) is 5.75 Å². The van der Waals surface area contributed by atoms with Gasteiger partial charge in [0.25, 0.3) is 11.8 Å². The van der Waals surface area contributed by atoms with Gasteiger partial charge in [0.15, 0.2) is 6.61 Å². The van der Waals surface area contributed by atoms with Crippen LogP contribution < -0.4 is 10.1 Å². The number of nitrogens with zero attached hydrogens (tertiary/aromatic N) is 3. The van der Waals surface area contributed by atoms with E-state index in [-0.39, 0.29) is 18.4 Å². The van der Waals surface area contributed by atoms with Crippen LogP contribution in [-0.2, 0) is 4.79 Å². The fourth-order valence-corrected chi connectivity index (χ4v) is 4.29. The quantitative estimate of drug-likeness (QED) is 0.865. The highest BCUT2D eigenvalue weighted by Gasteiger charge is 2.34. The van der Waals surface area contributed by atoms with E-state index in [4.69, 9.17) is 4.74 Å². The summed E-state index contributed by atoms with van der Waals surface area (Å²) in [4.78, 5) is 31.7. The van der Waals surface area contributed by atoms with Gasteiger partial charge in [-0.1, -0.05) is 6.07 Å². The van der Waals surface area contributed by atoms with E-state index in [1.54, 1.807) is 12.1 Å². The van der Waals surface area contributed by atoms with Crippen LogP contribution in [0.1, 0.15) is 30.6 Å². The molecule has 2 amide bonds. The third-order valence-corrected chi connectivity index (χ3v) is 5.93. The maximum absolute atomic E-state index is 13.1. The molecule has 3 aliphatic heterocycles. The first-order chi connectivity index (χ1) is 13.0. The summed E-state index contributed by atoms with van der Waals surface area (Å²) in [5.74, 6) is 0.326. The van der Waals surface area contributed by atoms with E-state index in [9.17, 15) is 9.59 Å². The Labute approximate surface area is 160 Å². The first-order valence-corrected chi connectivity index (χ1v) is 9.86. The minimum absolute atomic E-state index is 0.00120. The van der Waals surface area contributed by atoms with E-state index in [2.05, 4.69) is 29.0 Å². The molecule has 3 heterocycles. The molecule has 1 N–H and O–H groups in total. The number of ether oxygens (including phenoxy) is 1. The third kappa shape index (κ3) is 3.66. The zero-order chi connectivity index (χ0) is 19.0. The topological polar surface area (TPSA) is 65.1 Å². The fraction of sp³-hybridized carbons (Fsp3) is 0.600. The van der Waals surface area contributed by atoms with Crippen LogP contribution in [0.4, 0.5) is 5.69 Å². The van der Waals surface area contributed by atoms with Gasteiger partial charge >= 0.3 is 0 Å². The number of amides is 2. The molecule has 1 unspecified atom stereocenters. The van der Waals surface area contributed by atoms with Crippen LogP contribution >= 0.6 is 0 Å². The SMILES string of the molecule is CC(C)N1CCN(C2CCN(C(=O)c3cccc4c3NC(=O)CO4)C2)CC1. The number of rotatable bonds is 3. The number of fused-ring (bicyclic) bond motifs is 1. The Morgan fingerprint density at radius 2 is 1.96 bits per heavy atom. The number of carbonyl (C=O) groups excluding carboxylic acids is 2. The van der Waals surface area contributed by atoms with Gasteiger partial charge in [-0.2, -0.15) is 0 Å². The summed E-state index contributed by atoms with van der Waals surface area (Å²) in [6.45, 7) is 10.3. The summed E-state index contributed by atoms with van der Waals surface area (Å²) in [6, 6.07) is 6.38. The monoisotopic (exact) mass is 372 g/mol. The van der Waals surface area contributed by atoms with Crippen LogP contribution in [0.3, 0.4) is 0 Å². The van der Waals surface area contributed by atoms with E-state index in [1.807, 2.05) is 11.0 Å². The lowest BCUT2D eigenvalue weighted by molar-refractivity contribution is -0.118. The van der Waals surface area contributed by atoms with Crippen LogP contribution in [0.5, 0.6) is 5.75 Å². The number of hydrogen-bond acceptors (Lipinski definition) is 5. The lowest BCUT2D eigenvalue weighted by atomic mass is 10.1. The molecular weight excluding hydrogens is 344 g/mol. The fourth-order valence-electron chi connectivity index (χ4n) is 4.29. The van der Waals surface area contributed by atoms with E-state index < -0.39 is 0 Å². The van der Waals surface area contributed by atoms with Gasteiger partial charge < -0.3 is 15.0 Å². The van der Waals surface area contributed by atoms with E-state index in [1.165, 1.54) is 0 Å². The van der Waals surface area contributed by atoms with Gasteiger partial charge in [-0.15, -0.1) is 0 Å². The summed E-state index contributed by atoms with van der Waals surface area (Å²) in [5, 5.41) is 2.80. The van der Waals surface area contributed by atoms with Crippen LogP contribution in [0.2, 0.25) is 0 Å². The largest absolute Gasteiger partial charge is 0.482 e. The normalized spacial score (nSPS) is 23.9. The molecular formula is C20H28N4O3. The minimum atomic E-state index is -0.218. The average molecular weight is 372 g/mol. The maximum Gasteiger partial charge on any atom is 0.262 e. The second kappa shape index (κ2) is 7.48. The number of para-hydroxylation sites is 1. The minimum Gasteiger partial charge on any atom is -0.482 e. The molecule has 0 aliphatic carbocycles. The van der Waals surface area contributed by atoms with Crippen molar-refractivity contribution in [3.63, 3.8) is 0 Å². The first-order valence-electron chi connectivity index (χ1n) is 9.86. The Hall–Kier alpha value is -2.12. The van der Waals surface area contributed by atoms with Gasteiger partial charge in [0.05, 0.1) is 11.3 Å². The standard InChI is InChI=1S/C20H28N4O3/c1-14(2)22-8-10-23(11-9-22)15-6-7-24(12-15)20(26)16-4-3-5-17-19(16)21-18(25)13-27-17/h3-5,14-15H,6-13H2,1-2H3,(H,21,25). The number of benzene rings is 1. The van der Waals surface area contributed by atoms with Crippen molar-refractivity contribution in [2.45, 2.75) is 32.4 Å². The van der Waals surface area contributed by atoms with Gasteiger partial charge in [-0.05, 0) is 32.4 Å². The zero-order valence-corrected chi connectivity index (χ0v) is 16.1. The lowest BCUT2D eigenvalue weighted by Crippen LogP contribution is -2.52. The third-order valence-electron chi connectivity index (χ3n) is 5.93. The van der Waals surface area contributed by atoms with Gasteiger partial charge in [-0.25, -0.2) is 0 Å². The molecule has 0 aromatic heterocycles. The first kappa shape index (κ1) is 18.3. The van der Waals surface area contributed by atoms with E-state index >= 15 is 0 Å². The molecule has 0 bridgehead atoms. The summed E-state index contributed by atoms with van der Waals surface area (Å²) in [7, 11) is 0. The second-order valence-electron chi connectivity index (χ2n) is 7.87. The predicted molar refractivity (Wildman–Crippen MR) is 103 cm³/mol.